The minimum atomic E-state index is -0.418. The van der Waals surface area contributed by atoms with Crippen LogP contribution in [0.3, 0.4) is 0 Å². The summed E-state index contributed by atoms with van der Waals surface area (Å²) in [7, 11) is 1.66. The van der Waals surface area contributed by atoms with E-state index in [0.29, 0.717) is 0 Å². The molecule has 150 valence electrons. The highest BCUT2D eigenvalue weighted by molar-refractivity contribution is 5.80. The van der Waals surface area contributed by atoms with Gasteiger partial charge in [-0.2, -0.15) is 0 Å². The molecule has 0 radical (unpaired) electrons. The zero-order chi connectivity index (χ0) is 19.4. The number of rotatable bonds is 6. The van der Waals surface area contributed by atoms with Gasteiger partial charge in [-0.25, -0.2) is 0 Å². The molecule has 5 nitrogen and oxygen atoms in total. The first-order valence-corrected chi connectivity index (χ1v) is 10.3. The van der Waals surface area contributed by atoms with Crippen LogP contribution in [0.2, 0.25) is 0 Å². The lowest BCUT2D eigenvalue weighted by Crippen LogP contribution is -2.53. The highest BCUT2D eigenvalue weighted by Gasteiger charge is 2.38. The molecule has 0 spiro atoms. The third-order valence-electron chi connectivity index (χ3n) is 6.21. The van der Waals surface area contributed by atoms with Crippen molar-refractivity contribution in [1.29, 1.82) is 0 Å². The first-order valence-electron chi connectivity index (χ1n) is 10.3. The fourth-order valence-corrected chi connectivity index (χ4v) is 4.42. The molecule has 3 N–H and O–H groups in total. The summed E-state index contributed by atoms with van der Waals surface area (Å²) in [6.45, 7) is 4.00. The van der Waals surface area contributed by atoms with Gasteiger partial charge in [-0.15, -0.1) is 0 Å². The van der Waals surface area contributed by atoms with Crippen molar-refractivity contribution in [3.8, 4) is 11.5 Å². The number of hydrogen-bond donors (Lipinski definition) is 2. The molecular formula is C22H34N2O3. The Labute approximate surface area is 163 Å². The maximum Gasteiger partial charge on any atom is 0.225 e. The maximum atomic E-state index is 12.8. The van der Waals surface area contributed by atoms with Gasteiger partial charge in [0.05, 0.1) is 25.2 Å². The topological polar surface area (TPSA) is 73.6 Å². The van der Waals surface area contributed by atoms with Crippen LogP contribution in [0.1, 0.15) is 76.8 Å². The molecule has 3 rings (SSSR count). The van der Waals surface area contributed by atoms with Gasteiger partial charge in [-0.05, 0) is 70.1 Å². The minimum absolute atomic E-state index is 0.0532. The molecule has 1 aromatic rings. The van der Waals surface area contributed by atoms with E-state index in [1.54, 1.807) is 7.11 Å². The Morgan fingerprint density at radius 2 is 1.89 bits per heavy atom. The SMILES string of the molecule is COc1cc(C(C)NC(=O)C2CCCCC2(C)N)ccc1OC1CCCC1. The maximum absolute atomic E-state index is 12.8. The Balaban J connectivity index is 1.66. The van der Waals surface area contributed by atoms with E-state index in [1.807, 2.05) is 32.0 Å². The number of nitrogens with one attached hydrogen (secondary N) is 1. The summed E-state index contributed by atoms with van der Waals surface area (Å²) in [4.78, 5) is 12.8. The normalized spacial score (nSPS) is 27.2. The quantitative estimate of drug-likeness (QED) is 0.786. The minimum Gasteiger partial charge on any atom is -0.493 e. The molecule has 2 aliphatic rings. The van der Waals surface area contributed by atoms with Crippen molar-refractivity contribution in [2.75, 3.05) is 7.11 Å². The van der Waals surface area contributed by atoms with Crippen LogP contribution in [0.5, 0.6) is 11.5 Å². The number of amides is 1. The number of methoxy groups -OCH3 is 1. The van der Waals surface area contributed by atoms with Crippen LogP contribution in [0.25, 0.3) is 0 Å². The molecule has 5 heteroatoms. The molecule has 0 bridgehead atoms. The largest absolute Gasteiger partial charge is 0.493 e. The number of nitrogens with two attached hydrogens (primary N) is 1. The van der Waals surface area contributed by atoms with E-state index >= 15 is 0 Å². The summed E-state index contributed by atoms with van der Waals surface area (Å²) < 4.78 is 11.6. The smallest absolute Gasteiger partial charge is 0.225 e. The number of ether oxygens (including phenoxy) is 2. The number of benzene rings is 1. The van der Waals surface area contributed by atoms with E-state index in [0.717, 1.165) is 55.6 Å². The van der Waals surface area contributed by atoms with Crippen molar-refractivity contribution < 1.29 is 14.3 Å². The molecule has 1 amide bonds. The van der Waals surface area contributed by atoms with Gasteiger partial charge >= 0.3 is 0 Å². The highest BCUT2D eigenvalue weighted by atomic mass is 16.5. The van der Waals surface area contributed by atoms with Crippen LogP contribution in [-0.4, -0.2) is 24.7 Å². The predicted octanol–water partition coefficient (Wildman–Crippen LogP) is 4.10. The lowest BCUT2D eigenvalue weighted by molar-refractivity contribution is -0.128. The van der Waals surface area contributed by atoms with Crippen LogP contribution in [0.15, 0.2) is 18.2 Å². The summed E-state index contributed by atoms with van der Waals surface area (Å²) in [5.74, 6) is 1.44. The third-order valence-corrected chi connectivity index (χ3v) is 6.21. The number of carbonyl (C=O) groups is 1. The monoisotopic (exact) mass is 374 g/mol. The van der Waals surface area contributed by atoms with Gasteiger partial charge in [0.2, 0.25) is 5.91 Å². The Bertz CT molecular complexity index is 653. The molecule has 0 aliphatic heterocycles. The second-order valence-electron chi connectivity index (χ2n) is 8.47. The summed E-state index contributed by atoms with van der Waals surface area (Å²) in [6, 6.07) is 5.84. The molecule has 2 fully saturated rings. The molecule has 0 heterocycles. The highest BCUT2D eigenvalue weighted by Crippen LogP contribution is 2.35. The van der Waals surface area contributed by atoms with Gasteiger partial charge in [-0.1, -0.05) is 18.9 Å². The first kappa shape index (κ1) is 20.0. The summed E-state index contributed by atoms with van der Waals surface area (Å²) >= 11 is 0. The Morgan fingerprint density at radius 1 is 1.19 bits per heavy atom. The van der Waals surface area contributed by atoms with Crippen molar-refractivity contribution in [2.45, 2.75) is 82.9 Å². The zero-order valence-corrected chi connectivity index (χ0v) is 16.9. The lowest BCUT2D eigenvalue weighted by Gasteiger charge is -2.37. The van der Waals surface area contributed by atoms with E-state index in [-0.39, 0.29) is 24.0 Å². The summed E-state index contributed by atoms with van der Waals surface area (Å²) in [6.07, 6.45) is 8.91. The molecule has 2 saturated carbocycles. The molecule has 0 saturated heterocycles. The molecule has 27 heavy (non-hydrogen) atoms. The van der Waals surface area contributed by atoms with Crippen LogP contribution >= 0.6 is 0 Å². The second-order valence-corrected chi connectivity index (χ2v) is 8.47. The van der Waals surface area contributed by atoms with Crippen molar-refractivity contribution in [3.05, 3.63) is 23.8 Å². The van der Waals surface area contributed by atoms with Crippen LogP contribution in [0.4, 0.5) is 0 Å². The van der Waals surface area contributed by atoms with E-state index in [2.05, 4.69) is 5.32 Å². The van der Waals surface area contributed by atoms with Gasteiger partial charge in [-0.3, -0.25) is 4.79 Å². The molecule has 3 atom stereocenters. The van der Waals surface area contributed by atoms with Crippen LogP contribution in [-0.2, 0) is 4.79 Å². The predicted molar refractivity (Wildman–Crippen MR) is 107 cm³/mol. The summed E-state index contributed by atoms with van der Waals surface area (Å²) in [5, 5.41) is 3.15. The Kier molecular flexibility index (Phi) is 6.30. The second kappa shape index (κ2) is 8.51. The van der Waals surface area contributed by atoms with Crippen molar-refractivity contribution in [1.82, 2.24) is 5.32 Å². The Hall–Kier alpha value is -1.75. The molecule has 1 aromatic carbocycles. The van der Waals surface area contributed by atoms with Gasteiger partial charge in [0.15, 0.2) is 11.5 Å². The van der Waals surface area contributed by atoms with Crippen LogP contribution in [0, 0.1) is 5.92 Å². The molecule has 2 aliphatic carbocycles. The number of hydrogen-bond acceptors (Lipinski definition) is 4. The third kappa shape index (κ3) is 4.75. The fourth-order valence-electron chi connectivity index (χ4n) is 4.42. The molecule has 0 aromatic heterocycles. The first-order chi connectivity index (χ1) is 12.9. The van der Waals surface area contributed by atoms with Crippen molar-refractivity contribution in [2.24, 2.45) is 11.7 Å². The van der Waals surface area contributed by atoms with E-state index in [1.165, 1.54) is 12.8 Å². The van der Waals surface area contributed by atoms with Gasteiger partial charge < -0.3 is 20.5 Å². The average Bonchev–Trinajstić information content (AvgIpc) is 3.14. The lowest BCUT2D eigenvalue weighted by atomic mass is 9.74. The Morgan fingerprint density at radius 3 is 2.56 bits per heavy atom. The van der Waals surface area contributed by atoms with Crippen molar-refractivity contribution in [3.63, 3.8) is 0 Å². The van der Waals surface area contributed by atoms with E-state index in [9.17, 15) is 4.79 Å². The van der Waals surface area contributed by atoms with Gasteiger partial charge in [0, 0.05) is 5.54 Å². The van der Waals surface area contributed by atoms with E-state index < -0.39 is 5.54 Å². The van der Waals surface area contributed by atoms with Crippen molar-refractivity contribution >= 4 is 5.91 Å². The van der Waals surface area contributed by atoms with Gasteiger partial charge in [0.25, 0.3) is 0 Å². The number of carbonyl (C=O) groups excluding carboxylic acids is 1. The zero-order valence-electron chi connectivity index (χ0n) is 16.9. The average molecular weight is 375 g/mol. The fraction of sp³-hybridized carbons (Fsp3) is 0.682. The van der Waals surface area contributed by atoms with Crippen LogP contribution < -0.4 is 20.5 Å². The summed E-state index contributed by atoms with van der Waals surface area (Å²) in [5.41, 5.74) is 6.97. The van der Waals surface area contributed by atoms with Gasteiger partial charge in [0.1, 0.15) is 0 Å². The molecule has 3 unspecified atom stereocenters. The van der Waals surface area contributed by atoms with E-state index in [4.69, 9.17) is 15.2 Å². The standard InChI is InChI=1S/C22H34N2O3/c1-15(24-21(25)18-10-6-7-13-22(18,2)23)16-11-12-19(20(14-16)26-3)27-17-8-4-5-9-17/h11-12,14-15,17-18H,4-10,13,23H2,1-3H3,(H,24,25). The molecular weight excluding hydrogens is 340 g/mol.